The van der Waals surface area contributed by atoms with E-state index in [1.54, 1.807) is 31.2 Å². The Hall–Kier alpha value is -2.38. The topological polar surface area (TPSA) is 66.9 Å². The third-order valence-electron chi connectivity index (χ3n) is 5.33. The number of hydrogen-bond donors (Lipinski definition) is 0. The summed E-state index contributed by atoms with van der Waals surface area (Å²) >= 11 is 0. The summed E-state index contributed by atoms with van der Waals surface area (Å²) < 4.78 is 30.6. The van der Waals surface area contributed by atoms with Crippen LogP contribution < -0.4 is 4.18 Å². The molecule has 1 unspecified atom stereocenters. The van der Waals surface area contributed by atoms with Crippen molar-refractivity contribution in [1.29, 1.82) is 0 Å². The average molecular weight is 417 g/mol. The number of benzene rings is 2. The number of rotatable bonds is 5. The van der Waals surface area contributed by atoms with Crippen molar-refractivity contribution in [1.82, 2.24) is 9.80 Å². The predicted molar refractivity (Wildman–Crippen MR) is 113 cm³/mol. The van der Waals surface area contributed by atoms with Crippen LogP contribution in [-0.4, -0.2) is 57.4 Å². The van der Waals surface area contributed by atoms with Crippen LogP contribution in [0.4, 0.5) is 0 Å². The second-order valence-corrected chi connectivity index (χ2v) is 9.36. The molecule has 0 aromatic heterocycles. The number of likely N-dealkylation sites (tertiary alicyclic amines) is 1. The molecule has 0 N–H and O–H groups in total. The molecular weight excluding hydrogens is 388 g/mol. The summed E-state index contributed by atoms with van der Waals surface area (Å²) in [4.78, 5) is 17.0. The summed E-state index contributed by atoms with van der Waals surface area (Å²) in [6.45, 7) is 5.00. The summed E-state index contributed by atoms with van der Waals surface area (Å²) in [5.41, 5.74) is 2.00. The van der Waals surface area contributed by atoms with Crippen LogP contribution in [0.5, 0.6) is 5.75 Å². The zero-order chi connectivity index (χ0) is 21.2. The maximum Gasteiger partial charge on any atom is 0.339 e. The summed E-state index contributed by atoms with van der Waals surface area (Å²) in [6, 6.07) is 11.9. The number of piperidine rings is 1. The van der Waals surface area contributed by atoms with E-state index in [4.69, 9.17) is 4.18 Å². The molecule has 0 aliphatic carbocycles. The molecule has 156 valence electrons. The molecule has 2 aromatic carbocycles. The minimum Gasteiger partial charge on any atom is -0.379 e. The highest BCUT2D eigenvalue weighted by Gasteiger charge is 2.26. The van der Waals surface area contributed by atoms with E-state index in [0.717, 1.165) is 24.9 Å². The lowest BCUT2D eigenvalue weighted by Crippen LogP contribution is -2.47. The van der Waals surface area contributed by atoms with Crippen LogP contribution in [-0.2, 0) is 10.1 Å². The lowest BCUT2D eigenvalue weighted by molar-refractivity contribution is 0.0635. The summed E-state index contributed by atoms with van der Waals surface area (Å²) in [5, 5.41) is 0. The predicted octanol–water partition coefficient (Wildman–Crippen LogP) is 3.24. The largest absolute Gasteiger partial charge is 0.379 e. The molecule has 3 rings (SSSR count). The molecule has 1 aliphatic heterocycles. The molecule has 6 nitrogen and oxygen atoms in total. The first-order valence-corrected chi connectivity index (χ1v) is 11.2. The molecule has 1 saturated heterocycles. The maximum atomic E-state index is 12.8. The van der Waals surface area contributed by atoms with Crippen LogP contribution in [0.25, 0.3) is 0 Å². The fourth-order valence-corrected chi connectivity index (χ4v) is 4.79. The molecule has 29 heavy (non-hydrogen) atoms. The van der Waals surface area contributed by atoms with Crippen molar-refractivity contribution in [3.05, 3.63) is 59.2 Å². The van der Waals surface area contributed by atoms with Crippen LogP contribution in [0.15, 0.2) is 47.4 Å². The van der Waals surface area contributed by atoms with E-state index in [0.29, 0.717) is 23.7 Å². The minimum atomic E-state index is -3.94. The Kier molecular flexibility index (Phi) is 6.29. The van der Waals surface area contributed by atoms with Gasteiger partial charge in [0.05, 0.1) is 0 Å². The van der Waals surface area contributed by atoms with Gasteiger partial charge in [-0.1, -0.05) is 12.1 Å². The monoisotopic (exact) mass is 416 g/mol. The lowest BCUT2D eigenvalue weighted by atomic mass is 10.0. The van der Waals surface area contributed by atoms with E-state index in [1.165, 1.54) is 12.1 Å². The van der Waals surface area contributed by atoms with Gasteiger partial charge in [0.2, 0.25) is 0 Å². The van der Waals surface area contributed by atoms with Crippen molar-refractivity contribution in [3.63, 3.8) is 0 Å². The summed E-state index contributed by atoms with van der Waals surface area (Å²) in [5.74, 6) is 0.146. The Bertz CT molecular complexity index is 984. The second kappa shape index (κ2) is 8.55. The average Bonchev–Trinajstić information content (AvgIpc) is 2.69. The van der Waals surface area contributed by atoms with E-state index in [1.807, 2.05) is 32.0 Å². The van der Waals surface area contributed by atoms with Crippen molar-refractivity contribution in [2.45, 2.75) is 37.6 Å². The van der Waals surface area contributed by atoms with Crippen LogP contribution >= 0.6 is 0 Å². The van der Waals surface area contributed by atoms with Gasteiger partial charge in [-0.05, 0) is 82.2 Å². The maximum absolute atomic E-state index is 12.8. The highest BCUT2D eigenvalue weighted by molar-refractivity contribution is 7.87. The molecule has 1 heterocycles. The first-order chi connectivity index (χ1) is 13.7. The van der Waals surface area contributed by atoms with Gasteiger partial charge in [-0.3, -0.25) is 4.79 Å². The van der Waals surface area contributed by atoms with Crippen LogP contribution in [0.2, 0.25) is 0 Å². The smallest absolute Gasteiger partial charge is 0.339 e. The number of carbonyl (C=O) groups excluding carboxylic acids is 1. The van der Waals surface area contributed by atoms with Gasteiger partial charge < -0.3 is 14.0 Å². The lowest BCUT2D eigenvalue weighted by Gasteiger charge is -2.36. The molecule has 0 saturated carbocycles. The van der Waals surface area contributed by atoms with E-state index < -0.39 is 10.1 Å². The van der Waals surface area contributed by atoms with Gasteiger partial charge in [0.15, 0.2) is 0 Å². The van der Waals surface area contributed by atoms with Crippen LogP contribution in [0.3, 0.4) is 0 Å². The van der Waals surface area contributed by atoms with Gasteiger partial charge in [0.1, 0.15) is 10.6 Å². The van der Waals surface area contributed by atoms with Crippen molar-refractivity contribution in [2.24, 2.45) is 0 Å². The fraction of sp³-hybridized carbons (Fsp3) is 0.409. The molecule has 0 bridgehead atoms. The fourth-order valence-electron chi connectivity index (χ4n) is 3.54. The molecule has 1 fully saturated rings. The summed E-state index contributed by atoms with van der Waals surface area (Å²) in [7, 11) is 0.120. The number of carbonyl (C=O) groups is 1. The Labute approximate surface area is 173 Å². The van der Waals surface area contributed by atoms with E-state index in [-0.39, 0.29) is 16.6 Å². The van der Waals surface area contributed by atoms with Crippen molar-refractivity contribution >= 4 is 16.0 Å². The van der Waals surface area contributed by atoms with Crippen molar-refractivity contribution in [2.75, 3.05) is 27.2 Å². The van der Waals surface area contributed by atoms with Gasteiger partial charge in [0, 0.05) is 24.7 Å². The number of nitrogens with zero attached hydrogens (tertiary/aromatic N) is 2. The SMILES string of the molecule is Cc1ccc(C)c(S(=O)(=O)Oc2ccc(C(=O)N3CCCC(N(C)C)C3)cc2)c1. The molecule has 7 heteroatoms. The first-order valence-electron chi connectivity index (χ1n) is 9.75. The standard InChI is InChI=1S/C22H28N2O4S/c1-16-7-8-17(2)21(14-16)29(26,27)28-20-11-9-18(10-12-20)22(25)24-13-5-6-19(15-24)23(3)4/h7-12,14,19H,5-6,13,15H2,1-4H3. The molecule has 0 spiro atoms. The van der Waals surface area contributed by atoms with Gasteiger partial charge in [-0.15, -0.1) is 0 Å². The number of amides is 1. The molecule has 2 aromatic rings. The minimum absolute atomic E-state index is 0.0412. The Morgan fingerprint density at radius 3 is 2.45 bits per heavy atom. The molecule has 0 radical (unpaired) electrons. The normalized spacial score (nSPS) is 17.4. The molecule has 1 atom stereocenters. The number of hydrogen-bond acceptors (Lipinski definition) is 5. The molecule has 1 amide bonds. The van der Waals surface area contributed by atoms with E-state index >= 15 is 0 Å². The van der Waals surface area contributed by atoms with Gasteiger partial charge in [-0.2, -0.15) is 8.42 Å². The van der Waals surface area contributed by atoms with E-state index in [9.17, 15) is 13.2 Å². The van der Waals surface area contributed by atoms with Crippen molar-refractivity contribution in [3.8, 4) is 5.75 Å². The van der Waals surface area contributed by atoms with Crippen LogP contribution in [0, 0.1) is 13.8 Å². The third-order valence-corrected chi connectivity index (χ3v) is 6.72. The summed E-state index contributed by atoms with van der Waals surface area (Å²) in [6.07, 6.45) is 2.06. The second-order valence-electron chi connectivity index (χ2n) is 7.84. The Morgan fingerprint density at radius 1 is 1.10 bits per heavy atom. The van der Waals surface area contributed by atoms with Gasteiger partial charge >= 0.3 is 10.1 Å². The Balaban J connectivity index is 1.73. The van der Waals surface area contributed by atoms with E-state index in [2.05, 4.69) is 4.90 Å². The highest BCUT2D eigenvalue weighted by atomic mass is 32.2. The quantitative estimate of drug-likeness (QED) is 0.700. The highest BCUT2D eigenvalue weighted by Crippen LogP contribution is 2.23. The zero-order valence-corrected chi connectivity index (χ0v) is 18.2. The van der Waals surface area contributed by atoms with Crippen molar-refractivity contribution < 1.29 is 17.4 Å². The van der Waals surface area contributed by atoms with Crippen LogP contribution in [0.1, 0.15) is 34.3 Å². The van der Waals surface area contributed by atoms with Gasteiger partial charge in [0.25, 0.3) is 5.91 Å². The number of likely N-dealkylation sites (N-methyl/N-ethyl adjacent to an activating group) is 1. The molecule has 1 aliphatic rings. The first kappa shape index (κ1) is 21.3. The zero-order valence-electron chi connectivity index (χ0n) is 17.4. The third kappa shape index (κ3) is 4.97. The van der Waals surface area contributed by atoms with Gasteiger partial charge in [-0.25, -0.2) is 0 Å². The Morgan fingerprint density at radius 2 is 1.79 bits per heavy atom. The number of aryl methyl sites for hydroxylation is 2. The molecular formula is C22H28N2O4S.